The average molecular weight is 539 g/mol. The van der Waals surface area contributed by atoms with Crippen molar-refractivity contribution in [3.05, 3.63) is 66.0 Å². The van der Waals surface area contributed by atoms with Crippen LogP contribution in [0.3, 0.4) is 0 Å². The van der Waals surface area contributed by atoms with Gasteiger partial charge in [0.15, 0.2) is 27.2 Å². The van der Waals surface area contributed by atoms with E-state index >= 15 is 0 Å². The Bertz CT molecular complexity index is 1330. The third-order valence-corrected chi connectivity index (χ3v) is 6.40. The van der Waals surface area contributed by atoms with Gasteiger partial charge in [0.25, 0.3) is 5.69 Å². The van der Waals surface area contributed by atoms with Gasteiger partial charge in [-0.25, -0.2) is 8.42 Å². The number of pyridine rings is 1. The van der Waals surface area contributed by atoms with Crippen LogP contribution >= 0.6 is 23.2 Å². The van der Waals surface area contributed by atoms with Crippen molar-refractivity contribution >= 4 is 56.1 Å². The molecule has 1 aliphatic rings. The molecular weight excluding hydrogens is 525 g/mol. The summed E-state index contributed by atoms with van der Waals surface area (Å²) >= 11 is 10.2. The Morgan fingerprint density at radius 1 is 1.09 bits per heavy atom. The van der Waals surface area contributed by atoms with Crippen molar-refractivity contribution in [3.8, 4) is 0 Å². The van der Waals surface area contributed by atoms with Crippen LogP contribution in [0.2, 0.25) is 10.0 Å². The number of sulfone groups is 1. The number of H-pyrrole nitrogens is 1. The van der Waals surface area contributed by atoms with Crippen molar-refractivity contribution in [1.29, 1.82) is 0 Å². The number of aromatic amines is 1. The molecule has 0 atom stereocenters. The van der Waals surface area contributed by atoms with E-state index in [-0.39, 0.29) is 17.7 Å². The Labute approximate surface area is 199 Å². The summed E-state index contributed by atoms with van der Waals surface area (Å²) in [5, 5.41) is 9.66. The summed E-state index contributed by atoms with van der Waals surface area (Å²) in [6.45, 7) is 0. The molecule has 0 unspecified atom stereocenters. The fourth-order valence-electron chi connectivity index (χ4n) is 2.96. The zero-order valence-electron chi connectivity index (χ0n) is 17.1. The lowest BCUT2D eigenvalue weighted by Crippen LogP contribution is -2.35. The molecule has 0 radical (unpaired) electrons. The molecule has 2 aromatic rings. The fraction of sp³-hybridized carbons (Fsp3) is 0.263. The fourth-order valence-corrected chi connectivity index (χ4v) is 3.93. The number of hydrogen-bond acceptors (Lipinski definition) is 8. The lowest BCUT2D eigenvalue weighted by atomic mass is 9.81. The Hall–Kier alpha value is -3.03. The first kappa shape index (κ1) is 27.2. The third kappa shape index (κ3) is 5.90. The maximum absolute atomic E-state index is 12.4. The molecule has 34 heavy (non-hydrogen) atoms. The molecule has 1 aromatic carbocycles. The van der Waals surface area contributed by atoms with Gasteiger partial charge in [-0.2, -0.15) is 8.78 Å². The van der Waals surface area contributed by atoms with Crippen molar-refractivity contribution in [3.63, 3.8) is 0 Å². The smallest absolute Gasteiger partial charge is 0.281 e. The van der Waals surface area contributed by atoms with Crippen LogP contribution in [0.25, 0.3) is 0 Å². The molecule has 0 aliphatic heterocycles. The van der Waals surface area contributed by atoms with Crippen LogP contribution in [0.4, 0.5) is 14.5 Å². The van der Waals surface area contributed by atoms with Gasteiger partial charge in [0.05, 0.1) is 15.4 Å². The highest BCUT2D eigenvalue weighted by molar-refractivity contribution is 7.90. The zero-order valence-corrected chi connectivity index (χ0v) is 19.4. The molecule has 1 saturated carbocycles. The molecule has 0 amide bonds. The second kappa shape index (κ2) is 10.5. The predicted octanol–water partition coefficient (Wildman–Crippen LogP) is 3.08. The van der Waals surface area contributed by atoms with Crippen LogP contribution in [-0.2, 0) is 19.4 Å². The molecule has 3 rings (SSSR count). The number of nitro benzene ring substituents is 1. The van der Waals surface area contributed by atoms with Gasteiger partial charge in [-0.1, -0.05) is 23.2 Å². The molecule has 1 N–H and O–H groups in total. The maximum Gasteiger partial charge on any atom is 0.281 e. The van der Waals surface area contributed by atoms with Gasteiger partial charge in [-0.3, -0.25) is 29.3 Å². The van der Waals surface area contributed by atoms with Gasteiger partial charge in [0.2, 0.25) is 17.3 Å². The van der Waals surface area contributed by atoms with E-state index in [1.807, 2.05) is 0 Å². The van der Waals surface area contributed by atoms with Gasteiger partial charge in [0.1, 0.15) is 16.0 Å². The minimum absolute atomic E-state index is 0.0668. The largest absolute Gasteiger partial charge is 0.306 e. The number of hydrogen-bond donors (Lipinski definition) is 1. The first-order chi connectivity index (χ1) is 15.7. The van der Waals surface area contributed by atoms with Crippen LogP contribution in [0, 0.1) is 27.9 Å². The predicted molar refractivity (Wildman–Crippen MR) is 115 cm³/mol. The maximum atomic E-state index is 12.4. The number of benzene rings is 1. The Morgan fingerprint density at radius 2 is 1.59 bits per heavy atom. The SMILES string of the molecule is CS(=O)(=O)c1ccc(C(=O)C2C(=O)CCCC2=O)c([N+](=O)[O-])c1.O=c1c(Cl)c(F)[nH]c(F)c1Cl. The Morgan fingerprint density at radius 3 is 2.03 bits per heavy atom. The van der Waals surface area contributed by atoms with Gasteiger partial charge in [-0.15, -0.1) is 0 Å². The number of carbonyl (C=O) groups is 3. The molecular formula is C19H14Cl2F2N2O8S. The highest BCUT2D eigenvalue weighted by Crippen LogP contribution is 2.28. The van der Waals surface area contributed by atoms with E-state index in [1.165, 1.54) is 0 Å². The first-order valence-electron chi connectivity index (χ1n) is 9.17. The van der Waals surface area contributed by atoms with Crippen molar-refractivity contribution < 1.29 is 36.5 Å². The van der Waals surface area contributed by atoms with E-state index in [0.29, 0.717) is 6.42 Å². The summed E-state index contributed by atoms with van der Waals surface area (Å²) in [6.07, 6.45) is 1.37. The topological polar surface area (TPSA) is 161 Å². The molecule has 15 heteroatoms. The van der Waals surface area contributed by atoms with E-state index < -0.39 is 76.6 Å². The second-order valence-electron chi connectivity index (χ2n) is 7.00. The number of ketones is 3. The molecule has 1 aromatic heterocycles. The van der Waals surface area contributed by atoms with E-state index in [4.69, 9.17) is 23.2 Å². The standard InChI is InChI=1S/C14H13NO7S.C5HCl2F2NO/c1-23(21,22)8-5-6-9(10(7-8)15(19)20)14(18)13-11(16)3-2-4-12(13)17;6-1-3(11)2(7)5(9)10-4(1)8/h5-7,13H,2-4H2,1H3;(H,10,11). The number of nitrogens with one attached hydrogen (secondary N) is 1. The van der Waals surface area contributed by atoms with Crippen LogP contribution in [-0.4, -0.2) is 41.9 Å². The van der Waals surface area contributed by atoms with E-state index in [1.54, 1.807) is 4.98 Å². The van der Waals surface area contributed by atoms with Crippen molar-refractivity contribution in [2.45, 2.75) is 24.2 Å². The minimum atomic E-state index is -3.70. The highest BCUT2D eigenvalue weighted by atomic mass is 35.5. The summed E-state index contributed by atoms with van der Waals surface area (Å²) < 4.78 is 47.6. The lowest BCUT2D eigenvalue weighted by Gasteiger charge is -2.18. The van der Waals surface area contributed by atoms with Crippen LogP contribution in [0.1, 0.15) is 29.6 Å². The monoisotopic (exact) mass is 538 g/mol. The van der Waals surface area contributed by atoms with Gasteiger partial charge in [-0.05, 0) is 18.6 Å². The normalized spacial score (nSPS) is 14.4. The molecule has 1 heterocycles. The summed E-state index contributed by atoms with van der Waals surface area (Å²) in [6, 6.07) is 2.79. The Kier molecular flexibility index (Phi) is 8.40. The number of Topliss-reactive ketones (excluding diaryl/α,β-unsaturated/α-hetero) is 3. The number of carbonyl (C=O) groups excluding carboxylic acids is 3. The summed E-state index contributed by atoms with van der Waals surface area (Å²) in [4.78, 5) is 58.2. The number of nitrogens with zero attached hydrogens (tertiary/aromatic N) is 1. The summed E-state index contributed by atoms with van der Waals surface area (Å²) in [5.41, 5.74) is -2.22. The van der Waals surface area contributed by atoms with Crippen molar-refractivity contribution in [1.82, 2.24) is 4.98 Å². The lowest BCUT2D eigenvalue weighted by molar-refractivity contribution is -0.385. The number of rotatable bonds is 4. The zero-order chi connectivity index (χ0) is 26.0. The number of nitro groups is 1. The van der Waals surface area contributed by atoms with Gasteiger partial charge < -0.3 is 4.98 Å². The highest BCUT2D eigenvalue weighted by Gasteiger charge is 2.39. The van der Waals surface area contributed by atoms with E-state index in [2.05, 4.69) is 0 Å². The van der Waals surface area contributed by atoms with Crippen LogP contribution < -0.4 is 5.43 Å². The molecule has 182 valence electrons. The Balaban J connectivity index is 0.000000310. The van der Waals surface area contributed by atoms with Gasteiger partial charge >= 0.3 is 0 Å². The van der Waals surface area contributed by atoms with Gasteiger partial charge in [0, 0.05) is 25.2 Å². The summed E-state index contributed by atoms with van der Waals surface area (Å²) in [7, 11) is -3.70. The van der Waals surface area contributed by atoms with Crippen LogP contribution in [0.15, 0.2) is 27.9 Å². The molecule has 10 nitrogen and oxygen atoms in total. The molecule has 1 aliphatic carbocycles. The van der Waals surface area contributed by atoms with E-state index in [0.717, 1.165) is 24.5 Å². The minimum Gasteiger partial charge on any atom is -0.306 e. The molecule has 0 bridgehead atoms. The van der Waals surface area contributed by atoms with Crippen LogP contribution in [0.5, 0.6) is 0 Å². The first-order valence-corrected chi connectivity index (χ1v) is 11.8. The quantitative estimate of drug-likeness (QED) is 0.204. The van der Waals surface area contributed by atoms with Crippen molar-refractivity contribution in [2.75, 3.05) is 6.26 Å². The number of halogens is 4. The van der Waals surface area contributed by atoms with Crippen molar-refractivity contribution in [2.24, 2.45) is 5.92 Å². The molecule has 0 spiro atoms. The molecule has 0 saturated heterocycles. The number of aromatic nitrogens is 1. The molecule has 1 fully saturated rings. The average Bonchev–Trinajstić information content (AvgIpc) is 2.75. The second-order valence-corrected chi connectivity index (χ2v) is 9.77. The third-order valence-electron chi connectivity index (χ3n) is 4.62. The van der Waals surface area contributed by atoms with E-state index in [9.17, 15) is 46.5 Å². The summed E-state index contributed by atoms with van der Waals surface area (Å²) in [5.74, 6) is -6.06.